The van der Waals surface area contributed by atoms with E-state index < -0.39 is 0 Å². The van der Waals surface area contributed by atoms with E-state index in [1.54, 1.807) is 0 Å². The molecule has 3 N–H and O–H groups in total. The SMILES string of the molecule is CNCCc1ccccc1C(=O)NCCc1ncn[nH]1. The summed E-state index contributed by atoms with van der Waals surface area (Å²) < 4.78 is 0. The van der Waals surface area contributed by atoms with Crippen LogP contribution in [-0.4, -0.2) is 41.2 Å². The molecule has 1 aromatic carbocycles. The van der Waals surface area contributed by atoms with Gasteiger partial charge in [0.2, 0.25) is 0 Å². The van der Waals surface area contributed by atoms with Crippen molar-refractivity contribution in [3.63, 3.8) is 0 Å². The number of H-pyrrole nitrogens is 1. The number of carbonyl (C=O) groups is 1. The fourth-order valence-corrected chi connectivity index (χ4v) is 1.96. The van der Waals surface area contributed by atoms with Crippen LogP contribution in [0.4, 0.5) is 0 Å². The zero-order chi connectivity index (χ0) is 14.2. The van der Waals surface area contributed by atoms with Crippen molar-refractivity contribution in [3.05, 3.63) is 47.5 Å². The van der Waals surface area contributed by atoms with Crippen molar-refractivity contribution < 1.29 is 4.79 Å². The second-order valence-electron chi connectivity index (χ2n) is 4.45. The average Bonchev–Trinajstić information content (AvgIpc) is 2.98. The highest BCUT2D eigenvalue weighted by atomic mass is 16.1. The standard InChI is InChI=1S/C14H19N5O/c1-15-8-6-11-4-2-3-5-12(11)14(20)16-9-7-13-17-10-18-19-13/h2-5,10,15H,6-9H2,1H3,(H,16,20)(H,17,18,19). The van der Waals surface area contributed by atoms with Crippen LogP contribution in [0.25, 0.3) is 0 Å². The molecule has 0 bridgehead atoms. The van der Waals surface area contributed by atoms with E-state index in [1.165, 1.54) is 6.33 Å². The van der Waals surface area contributed by atoms with Crippen LogP contribution in [0.15, 0.2) is 30.6 Å². The number of nitrogens with one attached hydrogen (secondary N) is 3. The Hall–Kier alpha value is -2.21. The molecule has 0 saturated heterocycles. The first-order valence-electron chi connectivity index (χ1n) is 6.66. The fourth-order valence-electron chi connectivity index (χ4n) is 1.96. The van der Waals surface area contributed by atoms with Crippen molar-refractivity contribution in [3.8, 4) is 0 Å². The highest BCUT2D eigenvalue weighted by Crippen LogP contribution is 2.09. The second-order valence-corrected chi connectivity index (χ2v) is 4.45. The van der Waals surface area contributed by atoms with Crippen LogP contribution >= 0.6 is 0 Å². The third-order valence-corrected chi connectivity index (χ3v) is 3.02. The van der Waals surface area contributed by atoms with Gasteiger partial charge in [0, 0.05) is 18.5 Å². The number of likely N-dealkylation sites (N-methyl/N-ethyl adjacent to an activating group) is 1. The minimum absolute atomic E-state index is 0.0452. The molecule has 0 unspecified atom stereocenters. The van der Waals surface area contributed by atoms with Crippen molar-refractivity contribution in [2.24, 2.45) is 0 Å². The van der Waals surface area contributed by atoms with Crippen molar-refractivity contribution in [1.82, 2.24) is 25.8 Å². The van der Waals surface area contributed by atoms with Gasteiger partial charge in [-0.25, -0.2) is 4.98 Å². The first-order chi connectivity index (χ1) is 9.81. The predicted molar refractivity (Wildman–Crippen MR) is 76.5 cm³/mol. The summed E-state index contributed by atoms with van der Waals surface area (Å²) >= 11 is 0. The van der Waals surface area contributed by atoms with Gasteiger partial charge in [-0.15, -0.1) is 0 Å². The molecule has 6 heteroatoms. The van der Waals surface area contributed by atoms with Gasteiger partial charge in [0.1, 0.15) is 12.2 Å². The Bertz CT molecular complexity index is 538. The van der Waals surface area contributed by atoms with Crippen LogP contribution in [0.3, 0.4) is 0 Å². The molecule has 0 radical (unpaired) electrons. The first kappa shape index (κ1) is 14.2. The topological polar surface area (TPSA) is 82.7 Å². The molecule has 1 aromatic heterocycles. The summed E-state index contributed by atoms with van der Waals surface area (Å²) in [5.74, 6) is 0.727. The van der Waals surface area contributed by atoms with E-state index in [4.69, 9.17) is 0 Å². The lowest BCUT2D eigenvalue weighted by atomic mass is 10.0. The Morgan fingerprint density at radius 2 is 2.10 bits per heavy atom. The van der Waals surface area contributed by atoms with E-state index in [0.717, 1.165) is 29.9 Å². The lowest BCUT2D eigenvalue weighted by Crippen LogP contribution is -2.27. The molecule has 0 aliphatic heterocycles. The number of amides is 1. The van der Waals surface area contributed by atoms with Crippen molar-refractivity contribution >= 4 is 5.91 Å². The zero-order valence-corrected chi connectivity index (χ0v) is 11.5. The second kappa shape index (κ2) is 7.40. The smallest absolute Gasteiger partial charge is 0.251 e. The van der Waals surface area contributed by atoms with Crippen LogP contribution < -0.4 is 10.6 Å². The van der Waals surface area contributed by atoms with Gasteiger partial charge >= 0.3 is 0 Å². The van der Waals surface area contributed by atoms with E-state index in [1.807, 2.05) is 31.3 Å². The summed E-state index contributed by atoms with van der Waals surface area (Å²) in [5, 5.41) is 12.5. The Kier molecular flexibility index (Phi) is 5.25. The van der Waals surface area contributed by atoms with Crippen LogP contribution in [0.2, 0.25) is 0 Å². The van der Waals surface area contributed by atoms with Gasteiger partial charge in [-0.1, -0.05) is 18.2 Å². The molecule has 0 aliphatic carbocycles. The maximum atomic E-state index is 12.2. The summed E-state index contributed by atoms with van der Waals surface area (Å²) in [6.07, 6.45) is 2.94. The average molecular weight is 273 g/mol. The van der Waals surface area contributed by atoms with Gasteiger partial charge < -0.3 is 10.6 Å². The predicted octanol–water partition coefficient (Wildman–Crippen LogP) is 0.539. The first-order valence-corrected chi connectivity index (χ1v) is 6.66. The number of aromatic amines is 1. The van der Waals surface area contributed by atoms with Gasteiger partial charge in [0.15, 0.2) is 0 Å². The molecular weight excluding hydrogens is 254 g/mol. The number of aromatic nitrogens is 3. The minimum atomic E-state index is -0.0452. The van der Waals surface area contributed by atoms with E-state index in [2.05, 4.69) is 25.8 Å². The Balaban J connectivity index is 1.91. The molecule has 2 rings (SSSR count). The number of hydrogen-bond donors (Lipinski definition) is 3. The summed E-state index contributed by atoms with van der Waals surface area (Å²) in [6.45, 7) is 1.39. The normalized spacial score (nSPS) is 10.4. The maximum Gasteiger partial charge on any atom is 0.251 e. The largest absolute Gasteiger partial charge is 0.352 e. The molecule has 0 saturated carbocycles. The zero-order valence-electron chi connectivity index (χ0n) is 11.5. The van der Waals surface area contributed by atoms with Gasteiger partial charge in [0.05, 0.1) is 0 Å². The number of hydrogen-bond acceptors (Lipinski definition) is 4. The van der Waals surface area contributed by atoms with E-state index in [0.29, 0.717) is 13.0 Å². The Labute approximate surface area is 118 Å². The summed E-state index contributed by atoms with van der Waals surface area (Å²) in [7, 11) is 1.90. The third-order valence-electron chi connectivity index (χ3n) is 3.02. The van der Waals surface area contributed by atoms with Crippen LogP contribution in [0, 0.1) is 0 Å². The Morgan fingerprint density at radius 1 is 1.25 bits per heavy atom. The lowest BCUT2D eigenvalue weighted by molar-refractivity contribution is 0.0953. The van der Waals surface area contributed by atoms with Crippen molar-refractivity contribution in [2.75, 3.05) is 20.1 Å². The molecule has 1 amide bonds. The van der Waals surface area contributed by atoms with E-state index >= 15 is 0 Å². The minimum Gasteiger partial charge on any atom is -0.352 e. The molecule has 1 heterocycles. The van der Waals surface area contributed by atoms with Gasteiger partial charge in [-0.2, -0.15) is 5.10 Å². The Morgan fingerprint density at radius 3 is 2.85 bits per heavy atom. The molecule has 0 atom stereocenters. The van der Waals surface area contributed by atoms with Crippen LogP contribution in [0.5, 0.6) is 0 Å². The third kappa shape index (κ3) is 3.89. The molecular formula is C14H19N5O. The number of rotatable bonds is 7. The fraction of sp³-hybridized carbons (Fsp3) is 0.357. The van der Waals surface area contributed by atoms with E-state index in [9.17, 15) is 4.79 Å². The monoisotopic (exact) mass is 273 g/mol. The molecule has 20 heavy (non-hydrogen) atoms. The molecule has 0 spiro atoms. The summed E-state index contributed by atoms with van der Waals surface area (Å²) in [5.41, 5.74) is 1.79. The highest BCUT2D eigenvalue weighted by molar-refractivity contribution is 5.95. The molecule has 6 nitrogen and oxygen atoms in total. The number of benzene rings is 1. The van der Waals surface area contributed by atoms with Crippen LogP contribution in [-0.2, 0) is 12.8 Å². The number of nitrogens with zero attached hydrogens (tertiary/aromatic N) is 2. The van der Waals surface area contributed by atoms with Crippen molar-refractivity contribution in [2.45, 2.75) is 12.8 Å². The lowest BCUT2D eigenvalue weighted by Gasteiger charge is -2.09. The van der Waals surface area contributed by atoms with Crippen LogP contribution in [0.1, 0.15) is 21.7 Å². The van der Waals surface area contributed by atoms with E-state index in [-0.39, 0.29) is 5.91 Å². The molecule has 0 fully saturated rings. The quantitative estimate of drug-likeness (QED) is 0.687. The highest BCUT2D eigenvalue weighted by Gasteiger charge is 2.10. The molecule has 106 valence electrons. The molecule has 2 aromatic rings. The number of carbonyl (C=O) groups excluding carboxylic acids is 1. The van der Waals surface area contributed by atoms with Gasteiger partial charge in [-0.3, -0.25) is 9.89 Å². The molecule has 0 aliphatic rings. The van der Waals surface area contributed by atoms with Gasteiger partial charge in [0.25, 0.3) is 5.91 Å². The summed E-state index contributed by atoms with van der Waals surface area (Å²) in [4.78, 5) is 16.2. The van der Waals surface area contributed by atoms with Crippen molar-refractivity contribution in [1.29, 1.82) is 0 Å². The van der Waals surface area contributed by atoms with Gasteiger partial charge in [-0.05, 0) is 31.6 Å². The summed E-state index contributed by atoms with van der Waals surface area (Å²) in [6, 6.07) is 7.68. The maximum absolute atomic E-state index is 12.2.